The largest absolute Gasteiger partial charge is 0.494 e. The second-order valence-electron chi connectivity index (χ2n) is 4.60. The van der Waals surface area contributed by atoms with Gasteiger partial charge < -0.3 is 14.0 Å². The van der Waals surface area contributed by atoms with E-state index in [0.717, 1.165) is 14.8 Å². The van der Waals surface area contributed by atoms with E-state index in [2.05, 4.69) is 22.6 Å². The van der Waals surface area contributed by atoms with Crippen molar-refractivity contribution in [2.75, 3.05) is 13.2 Å². The molecule has 0 bridgehead atoms. The topological polar surface area (TPSA) is 27.7 Å². The van der Waals surface area contributed by atoms with E-state index in [9.17, 15) is 0 Å². The third-order valence-electron chi connectivity index (χ3n) is 3.05. The summed E-state index contributed by atoms with van der Waals surface area (Å²) in [6, 6.07) is 17.9. The molecule has 1 aliphatic rings. The van der Waals surface area contributed by atoms with E-state index in [-0.39, 0.29) is 13.2 Å². The smallest absolute Gasteiger partial charge is 0.491 e. The Balaban J connectivity index is 1.53. The van der Waals surface area contributed by atoms with Crippen LogP contribution in [0.15, 0.2) is 54.6 Å². The van der Waals surface area contributed by atoms with Crippen LogP contribution in [0, 0.1) is 3.57 Å². The Kier molecular flexibility index (Phi) is 4.60. The van der Waals surface area contributed by atoms with Crippen molar-refractivity contribution in [2.24, 2.45) is 0 Å². The van der Waals surface area contributed by atoms with Crippen LogP contribution in [-0.2, 0) is 9.31 Å². The van der Waals surface area contributed by atoms with Gasteiger partial charge in [-0.15, -0.1) is 0 Å². The van der Waals surface area contributed by atoms with Crippen LogP contribution >= 0.6 is 22.6 Å². The molecule has 0 aromatic heterocycles. The highest BCUT2D eigenvalue weighted by Gasteiger charge is 2.33. The van der Waals surface area contributed by atoms with E-state index in [1.54, 1.807) is 0 Å². The van der Waals surface area contributed by atoms with Gasteiger partial charge in [0.05, 0.1) is 12.7 Å². The van der Waals surface area contributed by atoms with Crippen LogP contribution in [0.3, 0.4) is 0 Å². The molecule has 1 saturated heterocycles. The zero-order valence-corrected chi connectivity index (χ0v) is 13.0. The van der Waals surface area contributed by atoms with E-state index >= 15 is 0 Å². The predicted molar refractivity (Wildman–Crippen MR) is 87.3 cm³/mol. The van der Waals surface area contributed by atoms with Gasteiger partial charge in [-0.2, -0.15) is 0 Å². The van der Waals surface area contributed by atoms with Gasteiger partial charge in [0.25, 0.3) is 0 Å². The van der Waals surface area contributed by atoms with Crippen molar-refractivity contribution in [3.63, 3.8) is 0 Å². The summed E-state index contributed by atoms with van der Waals surface area (Å²) < 4.78 is 18.4. The molecule has 5 heteroatoms. The maximum absolute atomic E-state index is 5.85. The Morgan fingerprint density at radius 1 is 1.15 bits per heavy atom. The molecule has 1 fully saturated rings. The molecule has 1 unspecified atom stereocenters. The maximum atomic E-state index is 5.85. The molecule has 1 aliphatic heterocycles. The first-order valence-corrected chi connectivity index (χ1v) is 7.59. The first-order chi connectivity index (χ1) is 9.81. The average molecular weight is 380 g/mol. The van der Waals surface area contributed by atoms with Crippen LogP contribution in [0.5, 0.6) is 5.75 Å². The van der Waals surface area contributed by atoms with Gasteiger partial charge in [-0.05, 0) is 46.3 Å². The monoisotopic (exact) mass is 380 g/mol. The fourth-order valence-corrected chi connectivity index (χ4v) is 2.58. The molecule has 2 aromatic carbocycles. The van der Waals surface area contributed by atoms with Crippen LogP contribution in [0.2, 0.25) is 0 Å². The standard InChI is InChI=1S/C15H14BIO3/c17-13-7-4-8-14(9-13)18-10-15-11-19-16(20-15)12-5-2-1-3-6-12/h1-9,15H,10-11H2. The number of hydrogen-bond acceptors (Lipinski definition) is 3. The van der Waals surface area contributed by atoms with Gasteiger partial charge >= 0.3 is 7.12 Å². The summed E-state index contributed by atoms with van der Waals surface area (Å²) >= 11 is 2.27. The lowest BCUT2D eigenvalue weighted by Gasteiger charge is -2.12. The molecule has 0 amide bonds. The molecule has 0 aliphatic carbocycles. The number of benzene rings is 2. The third kappa shape index (κ3) is 3.53. The van der Waals surface area contributed by atoms with E-state index in [1.807, 2.05) is 54.6 Å². The number of ether oxygens (including phenoxy) is 1. The highest BCUT2D eigenvalue weighted by molar-refractivity contribution is 14.1. The van der Waals surface area contributed by atoms with Crippen LogP contribution in [0.1, 0.15) is 0 Å². The van der Waals surface area contributed by atoms with Gasteiger partial charge in [-0.25, -0.2) is 0 Å². The fraction of sp³-hybridized carbons (Fsp3) is 0.200. The molecule has 0 spiro atoms. The molecule has 20 heavy (non-hydrogen) atoms. The molecule has 102 valence electrons. The summed E-state index contributed by atoms with van der Waals surface area (Å²) in [5, 5.41) is 0. The van der Waals surface area contributed by atoms with E-state index in [4.69, 9.17) is 14.0 Å². The Hall–Kier alpha value is -1.05. The first kappa shape index (κ1) is 13.9. The molecule has 2 aromatic rings. The first-order valence-electron chi connectivity index (χ1n) is 6.51. The second-order valence-corrected chi connectivity index (χ2v) is 5.85. The van der Waals surface area contributed by atoms with Crippen molar-refractivity contribution in [3.8, 4) is 5.75 Å². The van der Waals surface area contributed by atoms with Crippen molar-refractivity contribution in [1.82, 2.24) is 0 Å². The van der Waals surface area contributed by atoms with E-state index < -0.39 is 0 Å². The summed E-state index contributed by atoms with van der Waals surface area (Å²) in [5.41, 5.74) is 1.05. The number of rotatable bonds is 4. The zero-order chi connectivity index (χ0) is 13.8. The minimum atomic E-state index is -0.277. The van der Waals surface area contributed by atoms with Crippen molar-refractivity contribution < 1.29 is 14.0 Å². The number of halogens is 1. The second kappa shape index (κ2) is 6.60. The van der Waals surface area contributed by atoms with Crippen molar-refractivity contribution in [1.29, 1.82) is 0 Å². The van der Waals surface area contributed by atoms with Gasteiger partial charge in [-0.3, -0.25) is 0 Å². The van der Waals surface area contributed by atoms with Crippen LogP contribution in [-0.4, -0.2) is 26.4 Å². The molecule has 3 rings (SSSR count). The molecular weight excluding hydrogens is 366 g/mol. The van der Waals surface area contributed by atoms with E-state index in [1.165, 1.54) is 0 Å². The highest BCUT2D eigenvalue weighted by Crippen LogP contribution is 2.16. The third-order valence-corrected chi connectivity index (χ3v) is 3.72. The van der Waals surface area contributed by atoms with Gasteiger partial charge in [0.15, 0.2) is 0 Å². The molecule has 0 radical (unpaired) electrons. The molecule has 1 heterocycles. The lowest BCUT2D eigenvalue weighted by Crippen LogP contribution is -2.33. The highest BCUT2D eigenvalue weighted by atomic mass is 127. The van der Waals surface area contributed by atoms with E-state index in [0.29, 0.717) is 13.2 Å². The maximum Gasteiger partial charge on any atom is 0.494 e. The summed E-state index contributed by atoms with van der Waals surface area (Å²) in [6.45, 7) is 1.06. The van der Waals surface area contributed by atoms with Crippen molar-refractivity contribution >= 4 is 35.2 Å². The summed E-state index contributed by atoms with van der Waals surface area (Å²) in [7, 11) is -0.277. The lowest BCUT2D eigenvalue weighted by atomic mass is 9.79. The Labute approximate surface area is 132 Å². The minimum Gasteiger partial charge on any atom is -0.491 e. The van der Waals surface area contributed by atoms with Crippen LogP contribution in [0.25, 0.3) is 0 Å². The van der Waals surface area contributed by atoms with Gasteiger partial charge in [0.2, 0.25) is 0 Å². The SMILES string of the molecule is Ic1cccc(OCC2COB(c3ccccc3)O2)c1. The summed E-state index contributed by atoms with van der Waals surface area (Å²) in [4.78, 5) is 0. The Morgan fingerprint density at radius 3 is 2.80 bits per heavy atom. The van der Waals surface area contributed by atoms with Crippen molar-refractivity contribution in [3.05, 3.63) is 58.2 Å². The molecular formula is C15H14BIO3. The molecule has 1 atom stereocenters. The Bertz CT molecular complexity index is 564. The molecule has 0 N–H and O–H groups in total. The molecule has 3 nitrogen and oxygen atoms in total. The quantitative estimate of drug-likeness (QED) is 0.603. The number of hydrogen-bond donors (Lipinski definition) is 0. The van der Waals surface area contributed by atoms with Gasteiger partial charge in [-0.1, -0.05) is 36.4 Å². The normalized spacial score (nSPS) is 18.2. The fourth-order valence-electron chi connectivity index (χ4n) is 2.07. The average Bonchev–Trinajstić information content (AvgIpc) is 2.95. The van der Waals surface area contributed by atoms with Gasteiger partial charge in [0, 0.05) is 3.57 Å². The lowest BCUT2D eigenvalue weighted by molar-refractivity contribution is 0.148. The summed E-state index contributed by atoms with van der Waals surface area (Å²) in [6.07, 6.45) is -0.0296. The molecule has 0 saturated carbocycles. The zero-order valence-electron chi connectivity index (χ0n) is 10.9. The predicted octanol–water partition coefficient (Wildman–Crippen LogP) is 2.48. The Morgan fingerprint density at radius 2 is 2.00 bits per heavy atom. The van der Waals surface area contributed by atoms with Crippen molar-refractivity contribution in [2.45, 2.75) is 6.10 Å². The van der Waals surface area contributed by atoms with Gasteiger partial charge in [0.1, 0.15) is 12.4 Å². The van der Waals surface area contributed by atoms with Crippen LogP contribution < -0.4 is 10.2 Å². The summed E-state index contributed by atoms with van der Waals surface area (Å²) in [5.74, 6) is 0.865. The minimum absolute atomic E-state index is 0.0296. The van der Waals surface area contributed by atoms with Crippen LogP contribution in [0.4, 0.5) is 0 Å².